The van der Waals surface area contributed by atoms with Crippen LogP contribution in [0.5, 0.6) is 0 Å². The highest BCUT2D eigenvalue weighted by Crippen LogP contribution is 2.23. The predicted octanol–water partition coefficient (Wildman–Crippen LogP) is 0.731. The summed E-state index contributed by atoms with van der Waals surface area (Å²) in [5.74, 6) is -0.971. The van der Waals surface area contributed by atoms with Gasteiger partial charge in [0, 0.05) is 0 Å². The lowest BCUT2D eigenvalue weighted by Crippen LogP contribution is -2.45. The Hall–Kier alpha value is -2.24. The largest absolute Gasteiger partial charge is 0.465 e. The second kappa shape index (κ2) is 4.95. The van der Waals surface area contributed by atoms with Gasteiger partial charge in [0.15, 0.2) is 0 Å². The second-order valence-electron chi connectivity index (χ2n) is 4.41. The maximum absolute atomic E-state index is 11.3. The van der Waals surface area contributed by atoms with Crippen LogP contribution in [0.15, 0.2) is 18.2 Å². The quantitative estimate of drug-likeness (QED) is 0.540. The summed E-state index contributed by atoms with van der Waals surface area (Å²) in [5, 5.41) is 2.92. The van der Waals surface area contributed by atoms with Crippen LogP contribution in [0.3, 0.4) is 0 Å². The van der Waals surface area contributed by atoms with Crippen molar-refractivity contribution >= 4 is 23.3 Å². The minimum atomic E-state index is -0.930. The molecule has 98 valence electrons. The van der Waals surface area contributed by atoms with E-state index in [0.717, 1.165) is 0 Å². The van der Waals surface area contributed by atoms with Crippen LogP contribution in [0.25, 0.3) is 0 Å². The Morgan fingerprint density at radius 3 is 2.39 bits per heavy atom. The van der Waals surface area contributed by atoms with Crippen molar-refractivity contribution in [2.45, 2.75) is 19.4 Å². The van der Waals surface area contributed by atoms with Gasteiger partial charge in [0.1, 0.15) is 5.54 Å². The molecule has 18 heavy (non-hydrogen) atoms. The smallest absolute Gasteiger partial charge is 0.337 e. The molecule has 0 saturated heterocycles. The van der Waals surface area contributed by atoms with Gasteiger partial charge in [0.05, 0.1) is 24.0 Å². The molecular formula is C12H17N3O3. The molecule has 0 bridgehead atoms. The van der Waals surface area contributed by atoms with Gasteiger partial charge in [-0.3, -0.25) is 4.79 Å². The van der Waals surface area contributed by atoms with Crippen LogP contribution in [0.4, 0.5) is 11.4 Å². The zero-order chi connectivity index (χ0) is 13.9. The van der Waals surface area contributed by atoms with Crippen molar-refractivity contribution in [1.29, 1.82) is 0 Å². The number of nitrogen functional groups attached to an aromatic ring is 1. The summed E-state index contributed by atoms with van der Waals surface area (Å²) in [7, 11) is 1.29. The zero-order valence-electron chi connectivity index (χ0n) is 10.6. The van der Waals surface area contributed by atoms with Gasteiger partial charge in [0.25, 0.3) is 0 Å². The molecule has 0 aromatic heterocycles. The Balaban J connectivity index is 3.00. The Morgan fingerprint density at radius 1 is 1.33 bits per heavy atom. The van der Waals surface area contributed by atoms with E-state index in [1.54, 1.807) is 26.0 Å². The first-order valence-electron chi connectivity index (χ1n) is 5.34. The number of anilines is 2. The fourth-order valence-electron chi connectivity index (χ4n) is 1.32. The van der Waals surface area contributed by atoms with Crippen LogP contribution in [0.2, 0.25) is 0 Å². The Morgan fingerprint density at radius 2 is 1.94 bits per heavy atom. The molecule has 0 radical (unpaired) electrons. The number of methoxy groups -OCH3 is 1. The Labute approximate surface area is 105 Å². The van der Waals surface area contributed by atoms with Crippen LogP contribution in [-0.2, 0) is 9.53 Å². The van der Waals surface area contributed by atoms with Gasteiger partial charge in [-0.25, -0.2) is 4.79 Å². The summed E-state index contributed by atoms with van der Waals surface area (Å²) in [6.07, 6.45) is 0. The second-order valence-corrected chi connectivity index (χ2v) is 4.41. The molecule has 0 aliphatic heterocycles. The zero-order valence-corrected chi connectivity index (χ0v) is 10.6. The van der Waals surface area contributed by atoms with E-state index < -0.39 is 17.4 Å². The Bertz CT molecular complexity index is 483. The lowest BCUT2D eigenvalue weighted by Gasteiger charge is -2.24. The van der Waals surface area contributed by atoms with Crippen LogP contribution in [0.1, 0.15) is 24.2 Å². The number of benzene rings is 1. The minimum Gasteiger partial charge on any atom is -0.465 e. The third-order valence-electron chi connectivity index (χ3n) is 2.54. The number of esters is 1. The van der Waals surface area contributed by atoms with Gasteiger partial charge in [-0.15, -0.1) is 0 Å². The number of rotatable bonds is 4. The average molecular weight is 251 g/mol. The molecule has 5 N–H and O–H groups in total. The standard InChI is InChI=1S/C12H17N3O3/c1-12(2,11(14)17)15-9-5-4-7(6-8(9)13)10(16)18-3/h4-6,15H,13H2,1-3H3,(H2,14,17). The van der Waals surface area contributed by atoms with Crippen molar-refractivity contribution in [1.82, 2.24) is 0 Å². The van der Waals surface area contributed by atoms with E-state index in [1.165, 1.54) is 13.2 Å². The van der Waals surface area contributed by atoms with E-state index in [1.807, 2.05) is 0 Å². The van der Waals surface area contributed by atoms with Crippen LogP contribution < -0.4 is 16.8 Å². The molecule has 6 nitrogen and oxygen atoms in total. The number of ether oxygens (including phenoxy) is 1. The number of nitrogens with two attached hydrogens (primary N) is 2. The molecule has 1 amide bonds. The molecule has 0 unspecified atom stereocenters. The summed E-state index contributed by atoms with van der Waals surface area (Å²) in [5.41, 5.74) is 11.3. The molecule has 0 heterocycles. The molecule has 6 heteroatoms. The SMILES string of the molecule is COC(=O)c1ccc(NC(C)(C)C(N)=O)c(N)c1. The van der Waals surface area contributed by atoms with Crippen LogP contribution in [0, 0.1) is 0 Å². The fraction of sp³-hybridized carbons (Fsp3) is 0.333. The third-order valence-corrected chi connectivity index (χ3v) is 2.54. The maximum atomic E-state index is 11.3. The van der Waals surface area contributed by atoms with E-state index >= 15 is 0 Å². The first-order valence-corrected chi connectivity index (χ1v) is 5.34. The molecule has 0 spiro atoms. The normalized spacial score (nSPS) is 10.8. The molecule has 0 saturated carbocycles. The fourth-order valence-corrected chi connectivity index (χ4v) is 1.32. The summed E-state index contributed by atoms with van der Waals surface area (Å²) in [6, 6.07) is 4.64. The summed E-state index contributed by atoms with van der Waals surface area (Å²) in [6.45, 7) is 3.28. The molecule has 1 aromatic rings. The number of hydrogen-bond acceptors (Lipinski definition) is 5. The average Bonchev–Trinajstić information content (AvgIpc) is 2.30. The number of amides is 1. The molecule has 1 rings (SSSR count). The number of primary amides is 1. The van der Waals surface area contributed by atoms with Crippen molar-refractivity contribution < 1.29 is 14.3 Å². The van der Waals surface area contributed by atoms with Crippen LogP contribution >= 0.6 is 0 Å². The predicted molar refractivity (Wildman–Crippen MR) is 69.1 cm³/mol. The molecule has 0 atom stereocenters. The van der Waals surface area contributed by atoms with Crippen molar-refractivity contribution in [3.05, 3.63) is 23.8 Å². The van der Waals surface area contributed by atoms with E-state index in [9.17, 15) is 9.59 Å². The highest BCUT2D eigenvalue weighted by Gasteiger charge is 2.25. The summed E-state index contributed by atoms with van der Waals surface area (Å²) in [4.78, 5) is 22.5. The first-order chi connectivity index (χ1) is 8.27. The van der Waals surface area contributed by atoms with Gasteiger partial charge in [-0.05, 0) is 32.0 Å². The molecule has 0 aliphatic rings. The highest BCUT2D eigenvalue weighted by atomic mass is 16.5. The molecule has 1 aromatic carbocycles. The van der Waals surface area contributed by atoms with Crippen molar-refractivity contribution in [3.63, 3.8) is 0 Å². The van der Waals surface area contributed by atoms with Gasteiger partial charge in [-0.1, -0.05) is 0 Å². The number of hydrogen-bond donors (Lipinski definition) is 3. The summed E-state index contributed by atoms with van der Waals surface area (Å²) < 4.78 is 4.58. The minimum absolute atomic E-state index is 0.340. The van der Waals surface area contributed by atoms with Crippen molar-refractivity contribution in [3.8, 4) is 0 Å². The van der Waals surface area contributed by atoms with E-state index in [-0.39, 0.29) is 0 Å². The monoisotopic (exact) mass is 251 g/mol. The number of carbonyl (C=O) groups excluding carboxylic acids is 2. The van der Waals surface area contributed by atoms with Crippen molar-refractivity contribution in [2.75, 3.05) is 18.2 Å². The third kappa shape index (κ3) is 2.91. The first kappa shape index (κ1) is 13.8. The molecule has 0 fully saturated rings. The van der Waals surface area contributed by atoms with Gasteiger partial charge >= 0.3 is 5.97 Å². The molecular weight excluding hydrogens is 234 g/mol. The van der Waals surface area contributed by atoms with E-state index in [0.29, 0.717) is 16.9 Å². The lowest BCUT2D eigenvalue weighted by molar-refractivity contribution is -0.121. The van der Waals surface area contributed by atoms with Crippen LogP contribution in [-0.4, -0.2) is 24.5 Å². The number of carbonyl (C=O) groups is 2. The lowest BCUT2D eigenvalue weighted by atomic mass is 10.0. The number of nitrogens with one attached hydrogen (secondary N) is 1. The van der Waals surface area contributed by atoms with Crippen molar-refractivity contribution in [2.24, 2.45) is 5.73 Å². The summed E-state index contributed by atoms with van der Waals surface area (Å²) >= 11 is 0. The Kier molecular flexibility index (Phi) is 3.80. The highest BCUT2D eigenvalue weighted by molar-refractivity contribution is 5.93. The molecule has 0 aliphatic carbocycles. The topological polar surface area (TPSA) is 107 Å². The van der Waals surface area contributed by atoms with Gasteiger partial charge < -0.3 is 21.5 Å². The van der Waals surface area contributed by atoms with E-state index in [2.05, 4.69) is 10.1 Å². The van der Waals surface area contributed by atoms with E-state index in [4.69, 9.17) is 11.5 Å². The maximum Gasteiger partial charge on any atom is 0.337 e. The van der Waals surface area contributed by atoms with Gasteiger partial charge in [-0.2, -0.15) is 0 Å². The van der Waals surface area contributed by atoms with Gasteiger partial charge in [0.2, 0.25) is 5.91 Å².